The third kappa shape index (κ3) is 4.04. The molecule has 1 amide bonds. The number of aromatic nitrogens is 1. The quantitative estimate of drug-likeness (QED) is 0.585. The Labute approximate surface area is 86.8 Å². The van der Waals surface area contributed by atoms with Crippen molar-refractivity contribution in [3.63, 3.8) is 0 Å². The van der Waals surface area contributed by atoms with Crippen LogP contribution in [-0.4, -0.2) is 24.0 Å². The van der Waals surface area contributed by atoms with E-state index in [-0.39, 0.29) is 0 Å². The fraction of sp³-hybridized carbons (Fsp3) is 0.100. The fourth-order valence-electron chi connectivity index (χ4n) is 0.832. The molecule has 0 unspecified atom stereocenters. The van der Waals surface area contributed by atoms with E-state index in [2.05, 4.69) is 15.0 Å². The number of nitrogens with one attached hydrogen (secondary N) is 1. The van der Waals surface area contributed by atoms with Crippen LogP contribution in [0.2, 0.25) is 0 Å². The predicted octanol–water partition coefficient (Wildman–Crippen LogP) is 0.749. The molecule has 0 spiro atoms. The summed E-state index contributed by atoms with van der Waals surface area (Å²) in [4.78, 5) is 25.7. The van der Waals surface area contributed by atoms with Crippen LogP contribution < -0.4 is 5.32 Å². The maximum absolute atomic E-state index is 11.2. The van der Waals surface area contributed by atoms with Crippen molar-refractivity contribution in [1.82, 2.24) is 4.98 Å². The summed E-state index contributed by atoms with van der Waals surface area (Å²) in [5.41, 5.74) is 0.567. The maximum atomic E-state index is 11.2. The zero-order chi connectivity index (χ0) is 11.1. The van der Waals surface area contributed by atoms with Gasteiger partial charge in [-0.15, -0.1) is 0 Å². The number of anilines is 1. The third-order valence-corrected chi connectivity index (χ3v) is 1.50. The second-order valence-corrected chi connectivity index (χ2v) is 2.59. The highest BCUT2D eigenvalue weighted by Crippen LogP contribution is 2.01. The normalized spacial score (nSPS) is 9.93. The molecule has 1 aromatic rings. The highest BCUT2D eigenvalue weighted by atomic mass is 16.5. The minimum atomic E-state index is -0.573. The number of ether oxygens (including phenoxy) is 1. The molecular formula is C10H10N2O3. The third-order valence-electron chi connectivity index (χ3n) is 1.50. The minimum Gasteiger partial charge on any atom is -0.466 e. The fourth-order valence-corrected chi connectivity index (χ4v) is 0.832. The van der Waals surface area contributed by atoms with Crippen molar-refractivity contribution in [3.8, 4) is 0 Å². The van der Waals surface area contributed by atoms with Gasteiger partial charge in [-0.1, -0.05) is 0 Å². The lowest BCUT2D eigenvalue weighted by Crippen LogP contribution is -2.09. The predicted molar refractivity (Wildman–Crippen MR) is 54.0 cm³/mol. The van der Waals surface area contributed by atoms with E-state index in [0.29, 0.717) is 5.69 Å². The number of methoxy groups -OCH3 is 1. The Bertz CT molecular complexity index is 374. The van der Waals surface area contributed by atoms with Crippen molar-refractivity contribution in [1.29, 1.82) is 0 Å². The highest BCUT2D eigenvalue weighted by molar-refractivity contribution is 6.02. The molecule has 1 rings (SSSR count). The maximum Gasteiger partial charge on any atom is 0.330 e. The van der Waals surface area contributed by atoms with E-state index in [1.165, 1.54) is 13.3 Å². The number of hydrogen-bond donors (Lipinski definition) is 1. The summed E-state index contributed by atoms with van der Waals surface area (Å²) >= 11 is 0. The number of amides is 1. The van der Waals surface area contributed by atoms with Crippen LogP contribution in [0.25, 0.3) is 0 Å². The molecule has 0 aromatic carbocycles. The van der Waals surface area contributed by atoms with Gasteiger partial charge in [0.15, 0.2) is 0 Å². The van der Waals surface area contributed by atoms with Gasteiger partial charge in [-0.05, 0) is 12.1 Å². The number of hydrogen-bond acceptors (Lipinski definition) is 4. The molecule has 5 nitrogen and oxygen atoms in total. The van der Waals surface area contributed by atoms with Gasteiger partial charge in [0.25, 0.3) is 0 Å². The first kappa shape index (κ1) is 10.9. The van der Waals surface area contributed by atoms with E-state index < -0.39 is 11.9 Å². The topological polar surface area (TPSA) is 68.3 Å². The van der Waals surface area contributed by atoms with Gasteiger partial charge in [-0.2, -0.15) is 0 Å². The molecule has 0 radical (unpaired) electrons. The lowest BCUT2D eigenvalue weighted by Gasteiger charge is -1.99. The van der Waals surface area contributed by atoms with Gasteiger partial charge in [0.2, 0.25) is 5.91 Å². The molecule has 0 aliphatic carbocycles. The molecule has 15 heavy (non-hydrogen) atoms. The van der Waals surface area contributed by atoms with Gasteiger partial charge in [0.05, 0.1) is 19.0 Å². The average molecular weight is 206 g/mol. The van der Waals surface area contributed by atoms with Gasteiger partial charge in [0, 0.05) is 18.3 Å². The Hall–Kier alpha value is -2.17. The first-order valence-corrected chi connectivity index (χ1v) is 4.19. The van der Waals surface area contributed by atoms with Crippen LogP contribution >= 0.6 is 0 Å². The molecule has 0 saturated heterocycles. The van der Waals surface area contributed by atoms with Crippen LogP contribution in [0.1, 0.15) is 0 Å². The van der Waals surface area contributed by atoms with Crippen molar-refractivity contribution in [2.75, 3.05) is 12.4 Å². The molecule has 0 fully saturated rings. The van der Waals surface area contributed by atoms with Gasteiger partial charge in [0.1, 0.15) is 0 Å². The van der Waals surface area contributed by atoms with E-state index in [9.17, 15) is 9.59 Å². The Morgan fingerprint density at radius 2 is 2.27 bits per heavy atom. The van der Waals surface area contributed by atoms with E-state index >= 15 is 0 Å². The number of nitrogens with zero attached hydrogens (tertiary/aromatic N) is 1. The van der Waals surface area contributed by atoms with Crippen molar-refractivity contribution in [2.45, 2.75) is 0 Å². The van der Waals surface area contributed by atoms with E-state index in [0.717, 1.165) is 12.2 Å². The Morgan fingerprint density at radius 1 is 1.47 bits per heavy atom. The monoisotopic (exact) mass is 206 g/mol. The summed E-state index contributed by atoms with van der Waals surface area (Å²) < 4.78 is 4.33. The average Bonchev–Trinajstić information content (AvgIpc) is 2.27. The summed E-state index contributed by atoms with van der Waals surface area (Å²) in [6.07, 6.45) is 5.24. The first-order valence-electron chi connectivity index (χ1n) is 4.19. The highest BCUT2D eigenvalue weighted by Gasteiger charge is 1.98. The molecular weight excluding hydrogens is 196 g/mol. The number of pyridine rings is 1. The lowest BCUT2D eigenvalue weighted by molar-refractivity contribution is -0.135. The zero-order valence-electron chi connectivity index (χ0n) is 8.14. The van der Waals surface area contributed by atoms with Crippen LogP contribution in [0.3, 0.4) is 0 Å². The number of carbonyl (C=O) groups is 2. The standard InChI is InChI=1S/C10H10N2O3/c1-15-10(14)5-4-9(13)12-8-3-2-6-11-7-8/h2-7H,1H3,(H,12,13)/b5-4-. The summed E-state index contributed by atoms with van der Waals surface area (Å²) in [5.74, 6) is -0.982. The van der Waals surface area contributed by atoms with Gasteiger partial charge < -0.3 is 10.1 Å². The molecule has 78 valence electrons. The molecule has 1 N–H and O–H groups in total. The minimum absolute atomic E-state index is 0.409. The summed E-state index contributed by atoms with van der Waals surface area (Å²) in [7, 11) is 1.24. The lowest BCUT2D eigenvalue weighted by atomic mass is 10.4. The van der Waals surface area contributed by atoms with Crippen LogP contribution in [0.15, 0.2) is 36.7 Å². The van der Waals surface area contributed by atoms with Gasteiger partial charge in [-0.3, -0.25) is 9.78 Å². The van der Waals surface area contributed by atoms with Gasteiger partial charge >= 0.3 is 5.97 Å². The van der Waals surface area contributed by atoms with Gasteiger partial charge in [-0.25, -0.2) is 4.79 Å². The second-order valence-electron chi connectivity index (χ2n) is 2.59. The van der Waals surface area contributed by atoms with Crippen LogP contribution in [0, 0.1) is 0 Å². The number of esters is 1. The summed E-state index contributed by atoms with van der Waals surface area (Å²) in [5, 5.41) is 2.53. The zero-order valence-corrected chi connectivity index (χ0v) is 8.14. The molecule has 1 heterocycles. The second kappa shape index (κ2) is 5.54. The molecule has 1 aromatic heterocycles. The SMILES string of the molecule is COC(=O)/C=C\C(=O)Nc1cccnc1. The molecule has 5 heteroatoms. The smallest absolute Gasteiger partial charge is 0.330 e. The molecule has 0 aliphatic rings. The van der Waals surface area contributed by atoms with Crippen LogP contribution in [0.5, 0.6) is 0 Å². The molecule has 0 saturated carbocycles. The van der Waals surface area contributed by atoms with Crippen molar-refractivity contribution >= 4 is 17.6 Å². The van der Waals surface area contributed by atoms with Crippen LogP contribution in [-0.2, 0) is 14.3 Å². The van der Waals surface area contributed by atoms with Crippen molar-refractivity contribution in [3.05, 3.63) is 36.7 Å². The van der Waals surface area contributed by atoms with Crippen molar-refractivity contribution < 1.29 is 14.3 Å². The number of rotatable bonds is 3. The van der Waals surface area contributed by atoms with Crippen molar-refractivity contribution in [2.24, 2.45) is 0 Å². The number of carbonyl (C=O) groups excluding carboxylic acids is 2. The van der Waals surface area contributed by atoms with E-state index in [1.807, 2.05) is 0 Å². The Kier molecular flexibility index (Phi) is 4.03. The Balaban J connectivity index is 2.50. The van der Waals surface area contributed by atoms with E-state index in [1.54, 1.807) is 18.3 Å². The van der Waals surface area contributed by atoms with Crippen LogP contribution in [0.4, 0.5) is 5.69 Å². The molecule has 0 aliphatic heterocycles. The van der Waals surface area contributed by atoms with E-state index in [4.69, 9.17) is 0 Å². The molecule has 0 bridgehead atoms. The first-order chi connectivity index (χ1) is 7.22. The Morgan fingerprint density at radius 3 is 2.87 bits per heavy atom. The largest absolute Gasteiger partial charge is 0.466 e. The summed E-state index contributed by atoms with van der Waals surface area (Å²) in [6, 6.07) is 3.39. The molecule has 0 atom stereocenters. The summed E-state index contributed by atoms with van der Waals surface area (Å²) in [6.45, 7) is 0.